The van der Waals surface area contributed by atoms with E-state index in [1.807, 2.05) is 54.6 Å². The second-order valence-corrected chi connectivity index (χ2v) is 5.26. The maximum absolute atomic E-state index is 11.9. The number of hydrogen-bond acceptors (Lipinski definition) is 5. The number of amides is 1. The van der Waals surface area contributed by atoms with Gasteiger partial charge in [-0.15, -0.1) is 5.10 Å². The molecule has 0 saturated heterocycles. The van der Waals surface area contributed by atoms with Crippen LogP contribution in [0.4, 0.5) is 6.01 Å². The monoisotopic (exact) mass is 335 g/mol. The van der Waals surface area contributed by atoms with Crippen molar-refractivity contribution in [2.45, 2.75) is 6.42 Å². The van der Waals surface area contributed by atoms with E-state index in [1.165, 1.54) is 6.08 Å². The Hall–Kier alpha value is -3.41. The molecule has 2 aromatic carbocycles. The molecule has 3 aromatic rings. The smallest absolute Gasteiger partial charge is 0.322 e. The van der Waals surface area contributed by atoms with E-state index in [-0.39, 0.29) is 11.9 Å². The molecule has 1 heterocycles. The molecule has 0 aliphatic rings. The van der Waals surface area contributed by atoms with Crippen LogP contribution in [0.2, 0.25) is 0 Å². The first-order chi connectivity index (χ1) is 12.2. The molecule has 3 rings (SSSR count). The SMILES string of the molecule is COc1ccc(Cc2nnc(NC(=O)/C=C/c3ccccc3)o2)cc1. The number of nitrogens with one attached hydrogen (secondary N) is 1. The molecular weight excluding hydrogens is 318 g/mol. The summed E-state index contributed by atoms with van der Waals surface area (Å²) in [4.78, 5) is 11.9. The summed E-state index contributed by atoms with van der Waals surface area (Å²) in [6.45, 7) is 0. The van der Waals surface area contributed by atoms with Crippen molar-refractivity contribution in [1.29, 1.82) is 0 Å². The van der Waals surface area contributed by atoms with Crippen molar-refractivity contribution in [2.75, 3.05) is 12.4 Å². The molecule has 0 unspecified atom stereocenters. The van der Waals surface area contributed by atoms with Gasteiger partial charge in [0.15, 0.2) is 0 Å². The third-order valence-corrected chi connectivity index (χ3v) is 3.44. The molecule has 6 nitrogen and oxygen atoms in total. The number of carbonyl (C=O) groups excluding carboxylic acids is 1. The van der Waals surface area contributed by atoms with Crippen LogP contribution in [0.1, 0.15) is 17.0 Å². The average Bonchev–Trinajstić information content (AvgIpc) is 3.08. The number of anilines is 1. The maximum atomic E-state index is 11.9. The third kappa shape index (κ3) is 4.78. The Morgan fingerprint density at radius 2 is 1.88 bits per heavy atom. The summed E-state index contributed by atoms with van der Waals surface area (Å²) in [5.74, 6) is 0.878. The van der Waals surface area contributed by atoms with Crippen LogP contribution in [0.3, 0.4) is 0 Å². The number of rotatable bonds is 6. The van der Waals surface area contributed by atoms with Crippen LogP contribution in [0.15, 0.2) is 65.1 Å². The summed E-state index contributed by atoms with van der Waals surface area (Å²) < 4.78 is 10.6. The maximum Gasteiger partial charge on any atom is 0.322 e. The van der Waals surface area contributed by atoms with Crippen molar-refractivity contribution in [3.8, 4) is 5.75 Å². The van der Waals surface area contributed by atoms with Crippen molar-refractivity contribution in [2.24, 2.45) is 0 Å². The molecule has 0 radical (unpaired) electrons. The summed E-state index contributed by atoms with van der Waals surface area (Å²) in [5, 5.41) is 10.3. The quantitative estimate of drug-likeness (QED) is 0.699. The van der Waals surface area contributed by atoms with Crippen molar-refractivity contribution in [3.63, 3.8) is 0 Å². The van der Waals surface area contributed by atoms with Crippen LogP contribution in [-0.2, 0) is 11.2 Å². The zero-order valence-corrected chi connectivity index (χ0v) is 13.7. The van der Waals surface area contributed by atoms with Gasteiger partial charge in [-0.1, -0.05) is 47.6 Å². The molecular formula is C19H17N3O3. The van der Waals surface area contributed by atoms with E-state index in [4.69, 9.17) is 9.15 Å². The highest BCUT2D eigenvalue weighted by Gasteiger charge is 2.09. The highest BCUT2D eigenvalue weighted by molar-refractivity contribution is 6.00. The zero-order valence-electron chi connectivity index (χ0n) is 13.7. The number of aromatic nitrogens is 2. The van der Waals surface area contributed by atoms with E-state index in [9.17, 15) is 4.79 Å². The minimum absolute atomic E-state index is 0.0752. The molecule has 6 heteroatoms. The summed E-state index contributed by atoms with van der Waals surface area (Å²) in [6, 6.07) is 17.2. The van der Waals surface area contributed by atoms with Gasteiger partial charge < -0.3 is 9.15 Å². The van der Waals surface area contributed by atoms with E-state index in [1.54, 1.807) is 13.2 Å². The first-order valence-corrected chi connectivity index (χ1v) is 7.72. The number of ether oxygens (including phenoxy) is 1. The number of methoxy groups -OCH3 is 1. The van der Waals surface area contributed by atoms with Gasteiger partial charge in [-0.2, -0.15) is 0 Å². The largest absolute Gasteiger partial charge is 0.497 e. The Balaban J connectivity index is 1.57. The van der Waals surface area contributed by atoms with Gasteiger partial charge >= 0.3 is 6.01 Å². The van der Waals surface area contributed by atoms with Crippen molar-refractivity contribution in [1.82, 2.24) is 10.2 Å². The average molecular weight is 335 g/mol. The topological polar surface area (TPSA) is 77.3 Å². The molecule has 0 aliphatic carbocycles. The van der Waals surface area contributed by atoms with Gasteiger partial charge in [0.05, 0.1) is 13.5 Å². The molecule has 1 N–H and O–H groups in total. The fourth-order valence-electron chi connectivity index (χ4n) is 2.18. The van der Waals surface area contributed by atoms with Gasteiger partial charge in [0.25, 0.3) is 5.91 Å². The normalized spacial score (nSPS) is 10.8. The molecule has 126 valence electrons. The second kappa shape index (κ2) is 7.92. The van der Waals surface area contributed by atoms with E-state index in [2.05, 4.69) is 15.5 Å². The Labute approximate surface area is 145 Å². The highest BCUT2D eigenvalue weighted by atomic mass is 16.5. The number of benzene rings is 2. The standard InChI is InChI=1S/C19H17N3O3/c1-24-16-10-7-15(8-11-16)13-18-21-22-19(25-18)20-17(23)12-9-14-5-3-2-4-6-14/h2-12H,13H2,1H3,(H,20,22,23)/b12-9+. The lowest BCUT2D eigenvalue weighted by Gasteiger charge is -2.00. The Morgan fingerprint density at radius 3 is 2.60 bits per heavy atom. The summed E-state index contributed by atoms with van der Waals surface area (Å²) >= 11 is 0. The third-order valence-electron chi connectivity index (χ3n) is 3.44. The van der Waals surface area contributed by atoms with E-state index in [0.717, 1.165) is 16.9 Å². The van der Waals surface area contributed by atoms with Crippen molar-refractivity contribution >= 4 is 18.0 Å². The highest BCUT2D eigenvalue weighted by Crippen LogP contribution is 2.15. The fourth-order valence-corrected chi connectivity index (χ4v) is 2.18. The molecule has 0 aliphatic heterocycles. The lowest BCUT2D eigenvalue weighted by Crippen LogP contribution is -2.07. The predicted molar refractivity (Wildman–Crippen MR) is 94.2 cm³/mol. The van der Waals surface area contributed by atoms with Crippen molar-refractivity contribution < 1.29 is 13.9 Å². The lowest BCUT2D eigenvalue weighted by atomic mass is 10.1. The van der Waals surface area contributed by atoms with Gasteiger partial charge in [-0.25, -0.2) is 0 Å². The second-order valence-electron chi connectivity index (χ2n) is 5.26. The minimum atomic E-state index is -0.330. The van der Waals surface area contributed by atoms with Gasteiger partial charge in [0.1, 0.15) is 5.75 Å². The van der Waals surface area contributed by atoms with Crippen LogP contribution in [0.5, 0.6) is 5.75 Å². The fraction of sp³-hybridized carbons (Fsp3) is 0.105. The molecule has 0 spiro atoms. The van der Waals surface area contributed by atoms with Crippen LogP contribution >= 0.6 is 0 Å². The molecule has 0 fully saturated rings. The van der Waals surface area contributed by atoms with Gasteiger partial charge in [0, 0.05) is 6.08 Å². The summed E-state index contributed by atoms with van der Waals surface area (Å²) in [6.07, 6.45) is 3.61. The Kier molecular flexibility index (Phi) is 5.21. The first-order valence-electron chi connectivity index (χ1n) is 7.72. The Bertz CT molecular complexity index is 855. The number of carbonyl (C=O) groups is 1. The number of nitrogens with zero attached hydrogens (tertiary/aromatic N) is 2. The lowest BCUT2D eigenvalue weighted by molar-refractivity contribution is -0.112. The van der Waals surface area contributed by atoms with E-state index in [0.29, 0.717) is 12.3 Å². The number of hydrogen-bond donors (Lipinski definition) is 1. The molecule has 0 saturated carbocycles. The van der Waals surface area contributed by atoms with Crippen LogP contribution in [-0.4, -0.2) is 23.2 Å². The van der Waals surface area contributed by atoms with Crippen LogP contribution in [0, 0.1) is 0 Å². The first kappa shape index (κ1) is 16.4. The summed E-state index contributed by atoms with van der Waals surface area (Å²) in [5.41, 5.74) is 1.94. The van der Waals surface area contributed by atoms with E-state index < -0.39 is 0 Å². The van der Waals surface area contributed by atoms with E-state index >= 15 is 0 Å². The molecule has 25 heavy (non-hydrogen) atoms. The molecule has 0 bridgehead atoms. The minimum Gasteiger partial charge on any atom is -0.497 e. The zero-order chi connectivity index (χ0) is 17.5. The molecule has 0 atom stereocenters. The van der Waals surface area contributed by atoms with Gasteiger partial charge in [0.2, 0.25) is 5.89 Å². The van der Waals surface area contributed by atoms with Crippen molar-refractivity contribution in [3.05, 3.63) is 77.7 Å². The molecule has 1 amide bonds. The van der Waals surface area contributed by atoms with Gasteiger partial charge in [-0.3, -0.25) is 10.1 Å². The molecule has 1 aromatic heterocycles. The van der Waals surface area contributed by atoms with Gasteiger partial charge in [-0.05, 0) is 29.3 Å². The Morgan fingerprint density at radius 1 is 1.12 bits per heavy atom. The summed E-state index contributed by atoms with van der Waals surface area (Å²) in [7, 11) is 1.62. The van der Waals surface area contributed by atoms with Crippen LogP contribution in [0.25, 0.3) is 6.08 Å². The van der Waals surface area contributed by atoms with Crippen LogP contribution < -0.4 is 10.1 Å². The predicted octanol–water partition coefficient (Wildman–Crippen LogP) is 3.32.